The summed E-state index contributed by atoms with van der Waals surface area (Å²) in [7, 11) is 0. The highest BCUT2D eigenvalue weighted by Crippen LogP contribution is 2.21. The molecule has 0 atom stereocenters. The molecule has 2 aromatic carbocycles. The molecule has 0 aliphatic rings. The van der Waals surface area contributed by atoms with E-state index in [1.165, 1.54) is 48.5 Å². The SMILES string of the molecule is N#CC(C#N)=C(C#N)Nc1ccc(NC(=O)Nc2ccc(F)cc2)cc1F. The van der Waals surface area contributed by atoms with Crippen LogP contribution < -0.4 is 16.0 Å². The monoisotopic (exact) mass is 364 g/mol. The molecule has 0 fully saturated rings. The van der Waals surface area contributed by atoms with Crippen molar-refractivity contribution in [3.05, 3.63) is 65.4 Å². The summed E-state index contributed by atoms with van der Waals surface area (Å²) in [5, 5.41) is 33.7. The summed E-state index contributed by atoms with van der Waals surface area (Å²) in [4.78, 5) is 11.9. The summed E-state index contributed by atoms with van der Waals surface area (Å²) >= 11 is 0. The number of halogens is 2. The summed E-state index contributed by atoms with van der Waals surface area (Å²) in [5.41, 5.74) is -0.580. The molecule has 2 amide bonds. The number of rotatable bonds is 4. The molecule has 0 aliphatic heterocycles. The Morgan fingerprint density at radius 3 is 1.96 bits per heavy atom. The maximum Gasteiger partial charge on any atom is 0.323 e. The normalized spacial score (nSPS) is 9.15. The minimum absolute atomic E-state index is 0.112. The van der Waals surface area contributed by atoms with Gasteiger partial charge < -0.3 is 16.0 Å². The minimum Gasteiger partial charge on any atom is -0.343 e. The van der Waals surface area contributed by atoms with Gasteiger partial charge in [-0.25, -0.2) is 13.6 Å². The summed E-state index contributed by atoms with van der Waals surface area (Å²) in [6.45, 7) is 0. The molecule has 7 nitrogen and oxygen atoms in total. The van der Waals surface area contributed by atoms with Crippen LogP contribution in [0.25, 0.3) is 0 Å². The zero-order chi connectivity index (χ0) is 19.8. The molecule has 9 heteroatoms. The zero-order valence-electron chi connectivity index (χ0n) is 13.5. The molecule has 0 spiro atoms. The van der Waals surface area contributed by atoms with Gasteiger partial charge in [0, 0.05) is 11.4 Å². The number of nitrogens with zero attached hydrogens (tertiary/aromatic N) is 3. The van der Waals surface area contributed by atoms with Crippen LogP contribution in [0.5, 0.6) is 0 Å². The van der Waals surface area contributed by atoms with E-state index in [2.05, 4.69) is 16.0 Å². The van der Waals surface area contributed by atoms with Crippen LogP contribution in [0.1, 0.15) is 0 Å². The van der Waals surface area contributed by atoms with E-state index in [4.69, 9.17) is 15.8 Å². The summed E-state index contributed by atoms with van der Waals surface area (Å²) in [6, 6.07) is 12.6. The number of urea groups is 1. The van der Waals surface area contributed by atoms with Crippen LogP contribution in [-0.2, 0) is 0 Å². The molecule has 0 aliphatic carbocycles. The number of hydrogen-bond donors (Lipinski definition) is 3. The molecule has 0 bridgehead atoms. The van der Waals surface area contributed by atoms with Crippen LogP contribution in [0.3, 0.4) is 0 Å². The molecule has 132 valence electrons. The lowest BCUT2D eigenvalue weighted by atomic mass is 10.2. The number of hydrogen-bond acceptors (Lipinski definition) is 5. The van der Waals surface area contributed by atoms with Crippen molar-refractivity contribution in [3.8, 4) is 18.2 Å². The molecule has 2 aromatic rings. The molecular formula is C18H10F2N6O. The fourth-order valence-electron chi connectivity index (χ4n) is 1.94. The van der Waals surface area contributed by atoms with E-state index in [-0.39, 0.29) is 11.4 Å². The van der Waals surface area contributed by atoms with Crippen molar-refractivity contribution in [1.82, 2.24) is 0 Å². The third-order valence-corrected chi connectivity index (χ3v) is 3.17. The number of nitrogens with one attached hydrogen (secondary N) is 3. The van der Waals surface area contributed by atoms with Gasteiger partial charge in [-0.2, -0.15) is 15.8 Å². The Kier molecular flexibility index (Phi) is 6.03. The van der Waals surface area contributed by atoms with Crippen LogP contribution in [-0.4, -0.2) is 6.03 Å². The first kappa shape index (κ1) is 18.9. The summed E-state index contributed by atoms with van der Waals surface area (Å²) < 4.78 is 27.0. The van der Waals surface area contributed by atoms with E-state index in [9.17, 15) is 13.6 Å². The van der Waals surface area contributed by atoms with E-state index in [1.807, 2.05) is 0 Å². The van der Waals surface area contributed by atoms with Gasteiger partial charge in [-0.3, -0.25) is 0 Å². The van der Waals surface area contributed by atoms with Crippen molar-refractivity contribution in [2.75, 3.05) is 16.0 Å². The Labute approximate surface area is 152 Å². The van der Waals surface area contributed by atoms with Crippen LogP contribution >= 0.6 is 0 Å². The van der Waals surface area contributed by atoms with Crippen LogP contribution in [0, 0.1) is 45.6 Å². The third-order valence-electron chi connectivity index (χ3n) is 3.17. The molecule has 27 heavy (non-hydrogen) atoms. The maximum atomic E-state index is 14.2. The Morgan fingerprint density at radius 1 is 0.815 bits per heavy atom. The van der Waals surface area contributed by atoms with E-state index >= 15 is 0 Å². The summed E-state index contributed by atoms with van der Waals surface area (Å²) in [5.74, 6) is -1.27. The van der Waals surface area contributed by atoms with Crippen molar-refractivity contribution in [1.29, 1.82) is 15.8 Å². The minimum atomic E-state index is -0.822. The molecule has 2 rings (SSSR count). The topological polar surface area (TPSA) is 125 Å². The number of nitriles is 3. The molecule has 0 radical (unpaired) electrons. The second-order valence-corrected chi connectivity index (χ2v) is 4.99. The number of carbonyl (C=O) groups is 1. The number of anilines is 3. The van der Waals surface area contributed by atoms with Crippen LogP contribution in [0.4, 0.5) is 30.6 Å². The first-order chi connectivity index (χ1) is 13.0. The fourth-order valence-corrected chi connectivity index (χ4v) is 1.94. The van der Waals surface area contributed by atoms with Crippen molar-refractivity contribution in [2.24, 2.45) is 0 Å². The van der Waals surface area contributed by atoms with Crippen LogP contribution in [0.2, 0.25) is 0 Å². The van der Waals surface area contributed by atoms with Crippen LogP contribution in [0.15, 0.2) is 53.7 Å². The molecule has 0 heterocycles. The van der Waals surface area contributed by atoms with Gasteiger partial charge in [-0.15, -0.1) is 0 Å². The van der Waals surface area contributed by atoms with Gasteiger partial charge in [0.05, 0.1) is 5.69 Å². The fraction of sp³-hybridized carbons (Fsp3) is 0. The Balaban J connectivity index is 2.10. The van der Waals surface area contributed by atoms with Gasteiger partial charge in [0.1, 0.15) is 35.5 Å². The van der Waals surface area contributed by atoms with Crippen molar-refractivity contribution >= 4 is 23.1 Å². The van der Waals surface area contributed by atoms with Gasteiger partial charge in [0.15, 0.2) is 5.57 Å². The highest BCUT2D eigenvalue weighted by molar-refractivity contribution is 5.99. The first-order valence-corrected chi connectivity index (χ1v) is 7.31. The van der Waals surface area contributed by atoms with Gasteiger partial charge in [-0.05, 0) is 42.5 Å². The first-order valence-electron chi connectivity index (χ1n) is 7.31. The maximum absolute atomic E-state index is 14.2. The average Bonchev–Trinajstić information content (AvgIpc) is 2.65. The van der Waals surface area contributed by atoms with Gasteiger partial charge in [0.2, 0.25) is 0 Å². The predicted molar refractivity (Wildman–Crippen MR) is 92.9 cm³/mol. The Bertz CT molecular complexity index is 1010. The lowest BCUT2D eigenvalue weighted by Crippen LogP contribution is -2.19. The molecule has 3 N–H and O–H groups in total. The van der Waals surface area contributed by atoms with E-state index in [0.717, 1.165) is 6.07 Å². The highest BCUT2D eigenvalue weighted by atomic mass is 19.1. The highest BCUT2D eigenvalue weighted by Gasteiger charge is 2.11. The molecule has 0 aromatic heterocycles. The second-order valence-electron chi connectivity index (χ2n) is 4.99. The average molecular weight is 364 g/mol. The molecule has 0 saturated heterocycles. The van der Waals surface area contributed by atoms with Crippen molar-refractivity contribution in [2.45, 2.75) is 0 Å². The second kappa shape index (κ2) is 8.61. The van der Waals surface area contributed by atoms with Gasteiger partial charge in [0.25, 0.3) is 0 Å². The number of carbonyl (C=O) groups excluding carboxylic acids is 1. The smallest absolute Gasteiger partial charge is 0.323 e. The predicted octanol–water partition coefficient (Wildman–Crippen LogP) is 3.85. The third kappa shape index (κ3) is 5.02. The van der Waals surface area contributed by atoms with E-state index in [0.29, 0.717) is 5.69 Å². The van der Waals surface area contributed by atoms with Crippen molar-refractivity contribution < 1.29 is 13.6 Å². The quantitative estimate of drug-likeness (QED) is 0.711. The molecular weight excluding hydrogens is 354 g/mol. The lowest BCUT2D eigenvalue weighted by Gasteiger charge is -2.10. The summed E-state index contributed by atoms with van der Waals surface area (Å²) in [6.07, 6.45) is 0. The Hall–Kier alpha value is -4.42. The Morgan fingerprint density at radius 2 is 1.41 bits per heavy atom. The number of amides is 2. The standard InChI is InChI=1S/C18H10F2N6O/c19-12-1-3-13(4-2-12)24-18(27)25-14-5-6-16(15(20)7-14)26-17(10-23)11(8-21)9-22/h1-7,26H,(H2,24,25,27). The van der Waals surface area contributed by atoms with E-state index < -0.39 is 28.9 Å². The van der Waals surface area contributed by atoms with Gasteiger partial charge in [-0.1, -0.05) is 0 Å². The number of allylic oxidation sites excluding steroid dienone is 2. The zero-order valence-corrected chi connectivity index (χ0v) is 13.5. The number of benzene rings is 2. The van der Waals surface area contributed by atoms with Gasteiger partial charge >= 0.3 is 6.03 Å². The molecule has 0 saturated carbocycles. The largest absolute Gasteiger partial charge is 0.343 e. The van der Waals surface area contributed by atoms with E-state index in [1.54, 1.807) is 6.07 Å². The molecule has 0 unspecified atom stereocenters. The lowest BCUT2D eigenvalue weighted by molar-refractivity contribution is 0.262. The van der Waals surface area contributed by atoms with Crippen molar-refractivity contribution in [3.63, 3.8) is 0 Å².